The number of rotatable bonds is 4. The zero-order valence-electron chi connectivity index (χ0n) is 9.41. The third kappa shape index (κ3) is 2.04. The molecule has 82 valence electrons. The van der Waals surface area contributed by atoms with E-state index < -0.39 is 0 Å². The minimum absolute atomic E-state index is 0.213. The molecule has 0 aliphatic heterocycles. The quantitative estimate of drug-likeness (QED) is 0.788. The van der Waals surface area contributed by atoms with E-state index in [1.807, 2.05) is 13.8 Å². The first-order valence-corrected chi connectivity index (χ1v) is 5.17. The van der Waals surface area contributed by atoms with Crippen LogP contribution < -0.4 is 11.1 Å². The van der Waals surface area contributed by atoms with Gasteiger partial charge in [0.25, 0.3) is 0 Å². The van der Waals surface area contributed by atoms with Crippen LogP contribution in [0.25, 0.3) is 0 Å². The normalized spacial score (nSPS) is 12.1. The van der Waals surface area contributed by atoms with Gasteiger partial charge in [-0.3, -0.25) is 0 Å². The summed E-state index contributed by atoms with van der Waals surface area (Å²) in [7, 11) is 0. The maximum absolute atomic E-state index is 8.97. The number of anilines is 2. The van der Waals surface area contributed by atoms with E-state index in [0.717, 1.165) is 13.0 Å². The lowest BCUT2D eigenvalue weighted by Crippen LogP contribution is -2.09. The number of nitrogens with one attached hydrogen (secondary N) is 1. The minimum Gasteiger partial charge on any atom is -0.383 e. The summed E-state index contributed by atoms with van der Waals surface area (Å²) in [5, 5.41) is 16.3. The molecule has 0 aliphatic carbocycles. The van der Waals surface area contributed by atoms with E-state index in [1.165, 1.54) is 0 Å². The second kappa shape index (κ2) is 4.69. The zero-order chi connectivity index (χ0) is 11.4. The average molecular weight is 207 g/mol. The SMILES string of the molecule is CCNc1nn(C(C)CC)c(N)c1C#N. The smallest absolute Gasteiger partial charge is 0.168 e. The first-order chi connectivity index (χ1) is 7.15. The highest BCUT2D eigenvalue weighted by Crippen LogP contribution is 2.24. The van der Waals surface area contributed by atoms with Crippen molar-refractivity contribution in [1.82, 2.24) is 9.78 Å². The van der Waals surface area contributed by atoms with Crippen LogP contribution in [0.5, 0.6) is 0 Å². The summed E-state index contributed by atoms with van der Waals surface area (Å²) in [5.74, 6) is 1.03. The Bertz CT molecular complexity index is 374. The Labute approximate surface area is 89.9 Å². The standard InChI is InChI=1S/C10H17N5/c1-4-7(3)15-9(12)8(6-11)10(14-15)13-5-2/h7H,4-5,12H2,1-3H3,(H,13,14). The number of hydrogen-bond donors (Lipinski definition) is 2. The van der Waals surface area contributed by atoms with Crippen LogP contribution in [0.2, 0.25) is 0 Å². The topological polar surface area (TPSA) is 79.7 Å². The molecule has 1 unspecified atom stereocenters. The fraction of sp³-hybridized carbons (Fsp3) is 0.600. The van der Waals surface area contributed by atoms with Gasteiger partial charge in [0, 0.05) is 6.54 Å². The number of nitriles is 1. The molecule has 15 heavy (non-hydrogen) atoms. The van der Waals surface area contributed by atoms with Crippen molar-refractivity contribution in [3.8, 4) is 6.07 Å². The van der Waals surface area contributed by atoms with Gasteiger partial charge in [-0.2, -0.15) is 10.4 Å². The third-order valence-electron chi connectivity index (χ3n) is 2.41. The zero-order valence-corrected chi connectivity index (χ0v) is 9.41. The molecular formula is C10H17N5. The highest BCUT2D eigenvalue weighted by molar-refractivity contribution is 5.63. The summed E-state index contributed by atoms with van der Waals surface area (Å²) >= 11 is 0. The van der Waals surface area contributed by atoms with Gasteiger partial charge in [-0.15, -0.1) is 0 Å². The van der Waals surface area contributed by atoms with Crippen molar-refractivity contribution in [2.75, 3.05) is 17.6 Å². The molecule has 0 saturated heterocycles. The highest BCUT2D eigenvalue weighted by Gasteiger charge is 2.17. The van der Waals surface area contributed by atoms with Gasteiger partial charge in [-0.25, -0.2) is 4.68 Å². The van der Waals surface area contributed by atoms with E-state index in [0.29, 0.717) is 17.2 Å². The van der Waals surface area contributed by atoms with Crippen LogP contribution in [0.1, 0.15) is 38.8 Å². The van der Waals surface area contributed by atoms with Gasteiger partial charge in [0.1, 0.15) is 17.5 Å². The largest absolute Gasteiger partial charge is 0.383 e. The summed E-state index contributed by atoms with van der Waals surface area (Å²) in [6.45, 7) is 6.77. The molecule has 0 radical (unpaired) electrons. The van der Waals surface area contributed by atoms with Gasteiger partial charge in [-0.1, -0.05) is 6.92 Å². The molecule has 0 bridgehead atoms. The lowest BCUT2D eigenvalue weighted by Gasteiger charge is -2.10. The number of aromatic nitrogens is 2. The van der Waals surface area contributed by atoms with E-state index in [4.69, 9.17) is 11.0 Å². The van der Waals surface area contributed by atoms with Crippen molar-refractivity contribution in [2.45, 2.75) is 33.2 Å². The second-order valence-electron chi connectivity index (χ2n) is 3.45. The lowest BCUT2D eigenvalue weighted by molar-refractivity contribution is 0.486. The van der Waals surface area contributed by atoms with Crippen molar-refractivity contribution < 1.29 is 0 Å². The van der Waals surface area contributed by atoms with Gasteiger partial charge in [0.15, 0.2) is 5.82 Å². The highest BCUT2D eigenvalue weighted by atomic mass is 15.4. The van der Waals surface area contributed by atoms with Crippen LogP contribution in [-0.4, -0.2) is 16.3 Å². The van der Waals surface area contributed by atoms with Crippen molar-refractivity contribution in [1.29, 1.82) is 5.26 Å². The van der Waals surface area contributed by atoms with Crippen LogP contribution in [-0.2, 0) is 0 Å². The van der Waals surface area contributed by atoms with Crippen molar-refractivity contribution in [3.63, 3.8) is 0 Å². The van der Waals surface area contributed by atoms with Crippen molar-refractivity contribution in [2.24, 2.45) is 0 Å². The molecule has 0 aromatic carbocycles. The molecule has 0 aliphatic rings. The molecule has 0 spiro atoms. The summed E-state index contributed by atoms with van der Waals surface area (Å²) < 4.78 is 1.70. The van der Waals surface area contributed by atoms with Gasteiger partial charge >= 0.3 is 0 Å². The number of nitrogen functional groups attached to an aromatic ring is 1. The number of hydrogen-bond acceptors (Lipinski definition) is 4. The van der Waals surface area contributed by atoms with E-state index in [-0.39, 0.29) is 6.04 Å². The minimum atomic E-state index is 0.213. The van der Waals surface area contributed by atoms with Crippen LogP contribution in [0, 0.1) is 11.3 Å². The van der Waals surface area contributed by atoms with E-state index >= 15 is 0 Å². The van der Waals surface area contributed by atoms with E-state index in [2.05, 4.69) is 23.4 Å². The Hall–Kier alpha value is -1.70. The predicted molar refractivity (Wildman–Crippen MR) is 60.5 cm³/mol. The predicted octanol–water partition coefficient (Wildman–Crippen LogP) is 1.74. The van der Waals surface area contributed by atoms with Gasteiger partial charge in [0.05, 0.1) is 6.04 Å². The molecule has 1 heterocycles. The third-order valence-corrected chi connectivity index (χ3v) is 2.41. The first-order valence-electron chi connectivity index (χ1n) is 5.17. The van der Waals surface area contributed by atoms with Crippen molar-refractivity contribution in [3.05, 3.63) is 5.56 Å². The monoisotopic (exact) mass is 207 g/mol. The Kier molecular flexibility index (Phi) is 3.56. The Morgan fingerprint density at radius 2 is 2.27 bits per heavy atom. The van der Waals surface area contributed by atoms with Crippen LogP contribution in [0.3, 0.4) is 0 Å². The van der Waals surface area contributed by atoms with Crippen molar-refractivity contribution >= 4 is 11.6 Å². The molecular weight excluding hydrogens is 190 g/mol. The average Bonchev–Trinajstić information content (AvgIpc) is 2.55. The van der Waals surface area contributed by atoms with Crippen LogP contribution in [0.4, 0.5) is 11.6 Å². The Morgan fingerprint density at radius 3 is 2.73 bits per heavy atom. The van der Waals surface area contributed by atoms with Crippen LogP contribution >= 0.6 is 0 Å². The molecule has 1 rings (SSSR count). The summed E-state index contributed by atoms with van der Waals surface area (Å²) in [5.41, 5.74) is 6.30. The maximum Gasteiger partial charge on any atom is 0.168 e. The fourth-order valence-electron chi connectivity index (χ4n) is 1.36. The van der Waals surface area contributed by atoms with Gasteiger partial charge < -0.3 is 11.1 Å². The second-order valence-corrected chi connectivity index (χ2v) is 3.45. The summed E-state index contributed by atoms with van der Waals surface area (Å²) in [6.07, 6.45) is 0.933. The number of nitrogens with zero attached hydrogens (tertiary/aromatic N) is 3. The molecule has 1 aromatic heterocycles. The fourth-order valence-corrected chi connectivity index (χ4v) is 1.36. The molecule has 0 amide bonds. The molecule has 1 aromatic rings. The van der Waals surface area contributed by atoms with Gasteiger partial charge in [-0.05, 0) is 20.3 Å². The number of nitrogens with two attached hydrogens (primary N) is 1. The van der Waals surface area contributed by atoms with Gasteiger partial charge in [0.2, 0.25) is 0 Å². The molecule has 5 heteroatoms. The lowest BCUT2D eigenvalue weighted by atomic mass is 10.2. The maximum atomic E-state index is 8.97. The first kappa shape index (κ1) is 11.4. The molecule has 0 fully saturated rings. The molecule has 5 nitrogen and oxygen atoms in total. The molecule has 3 N–H and O–H groups in total. The molecule has 1 atom stereocenters. The summed E-state index contributed by atoms with van der Waals surface area (Å²) in [4.78, 5) is 0. The van der Waals surface area contributed by atoms with E-state index in [1.54, 1.807) is 4.68 Å². The molecule has 0 saturated carbocycles. The van der Waals surface area contributed by atoms with Crippen LogP contribution in [0.15, 0.2) is 0 Å². The van der Waals surface area contributed by atoms with E-state index in [9.17, 15) is 0 Å². The summed E-state index contributed by atoms with van der Waals surface area (Å²) in [6, 6.07) is 2.29. The Morgan fingerprint density at radius 1 is 1.60 bits per heavy atom. The Balaban J connectivity index is 3.16.